The van der Waals surface area contributed by atoms with Gasteiger partial charge in [0.15, 0.2) is 5.69 Å². The van der Waals surface area contributed by atoms with Crippen LogP contribution < -0.4 is 0 Å². The van der Waals surface area contributed by atoms with E-state index in [1.807, 2.05) is 0 Å². The van der Waals surface area contributed by atoms with Crippen LogP contribution in [0.1, 0.15) is 17.0 Å². The number of hydrogen-bond acceptors (Lipinski definition) is 1. The fraction of sp³-hybridized carbons (Fsp3) is 0.250. The molecule has 0 bridgehead atoms. The molecule has 18 heavy (non-hydrogen) atoms. The number of aromatic nitrogens is 2. The van der Waals surface area contributed by atoms with Gasteiger partial charge in [0.2, 0.25) is 0 Å². The second-order valence-electron chi connectivity index (χ2n) is 4.01. The van der Waals surface area contributed by atoms with Gasteiger partial charge in [0.1, 0.15) is 0 Å². The average molecular weight is 275 g/mol. The van der Waals surface area contributed by atoms with Crippen LogP contribution in [0.2, 0.25) is 5.02 Å². The van der Waals surface area contributed by atoms with E-state index < -0.39 is 11.9 Å². The molecule has 0 saturated carbocycles. The standard InChI is InChI=1S/C12H10ClF3N2/c1-7-5-9(13)3-4-10(7)18-8(2)6-11(17-18)12(14,15)16/h3-6H,1-2H3. The molecule has 1 heterocycles. The van der Waals surface area contributed by atoms with E-state index >= 15 is 0 Å². The van der Waals surface area contributed by atoms with Gasteiger partial charge in [-0.1, -0.05) is 11.6 Å². The van der Waals surface area contributed by atoms with E-state index in [4.69, 9.17) is 11.6 Å². The summed E-state index contributed by atoms with van der Waals surface area (Å²) in [6.45, 7) is 3.35. The van der Waals surface area contributed by atoms with Gasteiger partial charge in [-0.05, 0) is 43.7 Å². The van der Waals surface area contributed by atoms with Crippen LogP contribution in [0.4, 0.5) is 13.2 Å². The highest BCUT2D eigenvalue weighted by molar-refractivity contribution is 6.30. The maximum Gasteiger partial charge on any atom is 0.435 e. The summed E-state index contributed by atoms with van der Waals surface area (Å²) in [5.41, 5.74) is 0.886. The molecule has 0 amide bonds. The van der Waals surface area contributed by atoms with Crippen LogP contribution in [0.25, 0.3) is 5.69 Å². The van der Waals surface area contributed by atoms with Crippen molar-refractivity contribution in [3.63, 3.8) is 0 Å². The normalized spacial score (nSPS) is 11.9. The highest BCUT2D eigenvalue weighted by atomic mass is 35.5. The van der Waals surface area contributed by atoms with Crippen LogP contribution in [0.15, 0.2) is 24.3 Å². The largest absolute Gasteiger partial charge is 0.435 e. The van der Waals surface area contributed by atoms with Gasteiger partial charge in [0.25, 0.3) is 0 Å². The molecule has 0 spiro atoms. The van der Waals surface area contributed by atoms with E-state index in [0.717, 1.165) is 11.6 Å². The van der Waals surface area contributed by atoms with Gasteiger partial charge >= 0.3 is 6.18 Å². The third-order valence-electron chi connectivity index (χ3n) is 2.56. The van der Waals surface area contributed by atoms with Crippen LogP contribution in [0, 0.1) is 13.8 Å². The summed E-state index contributed by atoms with van der Waals surface area (Å²) < 4.78 is 39.0. The van der Waals surface area contributed by atoms with E-state index in [1.165, 1.54) is 4.68 Å². The summed E-state index contributed by atoms with van der Waals surface area (Å²) in [5, 5.41) is 4.13. The molecule has 0 fully saturated rings. The van der Waals surface area contributed by atoms with Crippen molar-refractivity contribution in [2.45, 2.75) is 20.0 Å². The first-order valence-corrected chi connectivity index (χ1v) is 5.57. The molecular formula is C12H10ClF3N2. The molecule has 0 radical (unpaired) electrons. The van der Waals surface area contributed by atoms with Crippen molar-refractivity contribution in [1.82, 2.24) is 9.78 Å². The Bertz CT molecular complexity index is 587. The van der Waals surface area contributed by atoms with Gasteiger partial charge in [-0.15, -0.1) is 0 Å². The fourth-order valence-electron chi connectivity index (χ4n) is 1.71. The predicted octanol–water partition coefficient (Wildman–Crippen LogP) is 4.16. The summed E-state index contributed by atoms with van der Waals surface area (Å²) in [6.07, 6.45) is -4.43. The van der Waals surface area contributed by atoms with Gasteiger partial charge in [-0.3, -0.25) is 0 Å². The lowest BCUT2D eigenvalue weighted by Gasteiger charge is -2.08. The van der Waals surface area contributed by atoms with E-state index in [-0.39, 0.29) is 0 Å². The number of nitrogens with zero attached hydrogens (tertiary/aromatic N) is 2. The Balaban J connectivity index is 2.55. The quantitative estimate of drug-likeness (QED) is 0.763. The van der Waals surface area contributed by atoms with Crippen molar-refractivity contribution in [3.05, 3.63) is 46.2 Å². The summed E-state index contributed by atoms with van der Waals surface area (Å²) in [4.78, 5) is 0. The Morgan fingerprint density at radius 3 is 2.33 bits per heavy atom. The summed E-state index contributed by atoms with van der Waals surface area (Å²) in [6, 6.07) is 5.98. The van der Waals surface area contributed by atoms with E-state index in [1.54, 1.807) is 32.0 Å². The molecule has 0 aliphatic rings. The number of hydrogen-bond donors (Lipinski definition) is 0. The summed E-state index contributed by atoms with van der Waals surface area (Å²) in [7, 11) is 0. The average Bonchev–Trinajstić information content (AvgIpc) is 2.60. The van der Waals surface area contributed by atoms with Crippen molar-refractivity contribution in [2.24, 2.45) is 0 Å². The smallest absolute Gasteiger partial charge is 0.237 e. The molecule has 0 aliphatic heterocycles. The molecular weight excluding hydrogens is 265 g/mol. The van der Waals surface area contributed by atoms with E-state index in [9.17, 15) is 13.2 Å². The lowest BCUT2D eigenvalue weighted by atomic mass is 10.2. The molecule has 1 aromatic heterocycles. The van der Waals surface area contributed by atoms with E-state index in [2.05, 4.69) is 5.10 Å². The highest BCUT2D eigenvalue weighted by Gasteiger charge is 2.34. The summed E-state index contributed by atoms with van der Waals surface area (Å²) in [5.74, 6) is 0. The first-order valence-electron chi connectivity index (χ1n) is 5.19. The van der Waals surface area contributed by atoms with Crippen molar-refractivity contribution < 1.29 is 13.2 Å². The minimum absolute atomic E-state index is 0.424. The van der Waals surface area contributed by atoms with Crippen LogP contribution in [-0.4, -0.2) is 9.78 Å². The van der Waals surface area contributed by atoms with Crippen molar-refractivity contribution in [3.8, 4) is 5.69 Å². The number of aryl methyl sites for hydroxylation is 2. The zero-order chi connectivity index (χ0) is 13.5. The van der Waals surface area contributed by atoms with Crippen LogP contribution in [0.3, 0.4) is 0 Å². The topological polar surface area (TPSA) is 17.8 Å². The maximum absolute atomic E-state index is 12.6. The monoisotopic (exact) mass is 274 g/mol. The molecule has 0 aliphatic carbocycles. The Kier molecular flexibility index (Phi) is 3.11. The minimum Gasteiger partial charge on any atom is -0.237 e. The molecule has 0 atom stereocenters. The Morgan fingerprint density at radius 1 is 1.17 bits per heavy atom. The molecule has 96 valence electrons. The van der Waals surface area contributed by atoms with Gasteiger partial charge in [0.05, 0.1) is 5.69 Å². The molecule has 1 aromatic carbocycles. The maximum atomic E-state index is 12.6. The first kappa shape index (κ1) is 13.0. The van der Waals surface area contributed by atoms with Gasteiger partial charge < -0.3 is 0 Å². The highest BCUT2D eigenvalue weighted by Crippen LogP contribution is 2.30. The molecule has 2 rings (SSSR count). The molecule has 2 nitrogen and oxygen atoms in total. The fourth-order valence-corrected chi connectivity index (χ4v) is 1.94. The van der Waals surface area contributed by atoms with Crippen LogP contribution in [0.5, 0.6) is 0 Å². The molecule has 0 saturated heterocycles. The van der Waals surface area contributed by atoms with Gasteiger partial charge in [-0.2, -0.15) is 18.3 Å². The van der Waals surface area contributed by atoms with Crippen LogP contribution in [-0.2, 0) is 6.18 Å². The van der Waals surface area contributed by atoms with Crippen molar-refractivity contribution in [1.29, 1.82) is 0 Å². The zero-order valence-electron chi connectivity index (χ0n) is 9.72. The van der Waals surface area contributed by atoms with Crippen LogP contribution >= 0.6 is 11.6 Å². The second-order valence-corrected chi connectivity index (χ2v) is 4.45. The number of rotatable bonds is 1. The second kappa shape index (κ2) is 4.31. The van der Waals surface area contributed by atoms with E-state index in [0.29, 0.717) is 16.4 Å². The molecule has 6 heteroatoms. The number of halogens is 4. The SMILES string of the molecule is Cc1cc(Cl)ccc1-n1nc(C(F)(F)F)cc1C. The Labute approximate surface area is 107 Å². The number of alkyl halides is 3. The summed E-state index contributed by atoms with van der Waals surface area (Å²) >= 11 is 5.81. The Hall–Kier alpha value is -1.49. The lowest BCUT2D eigenvalue weighted by Crippen LogP contribution is -2.08. The van der Waals surface area contributed by atoms with Crippen molar-refractivity contribution in [2.75, 3.05) is 0 Å². The zero-order valence-corrected chi connectivity index (χ0v) is 10.5. The lowest BCUT2D eigenvalue weighted by molar-refractivity contribution is -0.141. The minimum atomic E-state index is -4.43. The number of benzene rings is 1. The first-order chi connectivity index (χ1) is 8.29. The molecule has 2 aromatic rings. The predicted molar refractivity (Wildman–Crippen MR) is 63.1 cm³/mol. The third-order valence-corrected chi connectivity index (χ3v) is 2.80. The molecule has 0 unspecified atom stereocenters. The van der Waals surface area contributed by atoms with Gasteiger partial charge in [0, 0.05) is 10.7 Å². The molecule has 0 N–H and O–H groups in total. The Morgan fingerprint density at radius 2 is 1.83 bits per heavy atom. The third kappa shape index (κ3) is 2.36. The van der Waals surface area contributed by atoms with Crippen molar-refractivity contribution >= 4 is 11.6 Å². The van der Waals surface area contributed by atoms with Gasteiger partial charge in [-0.25, -0.2) is 4.68 Å².